The van der Waals surface area contributed by atoms with Gasteiger partial charge in [-0.25, -0.2) is 8.78 Å². The fraction of sp³-hybridized carbons (Fsp3) is 0.333. The highest BCUT2D eigenvalue weighted by Gasteiger charge is 2.26. The Bertz CT molecular complexity index is 1060. The number of hydrogen-bond donors (Lipinski definition) is 2. The Morgan fingerprint density at radius 1 is 1.10 bits per heavy atom. The average Bonchev–Trinajstić information content (AvgIpc) is 2.76. The Morgan fingerprint density at radius 3 is 2.52 bits per heavy atom. The van der Waals surface area contributed by atoms with Crippen LogP contribution in [0.4, 0.5) is 14.5 Å². The second kappa shape index (κ2) is 9.50. The summed E-state index contributed by atoms with van der Waals surface area (Å²) in [5.41, 5.74) is -0.667. The molecule has 3 rings (SSSR count). The molecule has 8 nitrogen and oxygen atoms in total. The minimum Gasteiger partial charge on any atom is -0.348 e. The van der Waals surface area contributed by atoms with Crippen molar-refractivity contribution in [2.75, 3.05) is 25.0 Å². The maximum absolute atomic E-state index is 13.6. The Morgan fingerprint density at radius 2 is 1.81 bits per heavy atom. The molecule has 1 aromatic heterocycles. The van der Waals surface area contributed by atoms with Crippen LogP contribution in [0.25, 0.3) is 0 Å². The molecule has 1 aromatic carbocycles. The van der Waals surface area contributed by atoms with Crippen LogP contribution in [0.1, 0.15) is 23.2 Å². The Labute approximate surface area is 176 Å². The molecular weight excluding hydrogens is 410 g/mol. The van der Waals surface area contributed by atoms with Crippen LogP contribution < -0.4 is 16.2 Å². The van der Waals surface area contributed by atoms with Gasteiger partial charge in [0.2, 0.25) is 0 Å². The van der Waals surface area contributed by atoms with E-state index < -0.39 is 29.1 Å². The quantitative estimate of drug-likeness (QED) is 0.711. The Balaban J connectivity index is 1.47. The smallest absolute Gasteiger partial charge is 0.313 e. The molecule has 0 bridgehead atoms. The molecule has 2 heterocycles. The Kier molecular flexibility index (Phi) is 6.78. The predicted octanol–water partition coefficient (Wildman–Crippen LogP) is 1.27. The second-order valence-electron chi connectivity index (χ2n) is 7.36. The van der Waals surface area contributed by atoms with Gasteiger partial charge in [0.05, 0.1) is 5.69 Å². The minimum absolute atomic E-state index is 0.0327. The van der Waals surface area contributed by atoms with Gasteiger partial charge in [0.25, 0.3) is 11.5 Å². The van der Waals surface area contributed by atoms with Crippen LogP contribution in [-0.4, -0.2) is 46.8 Å². The number of likely N-dealkylation sites (tertiary alicyclic amines) is 1. The van der Waals surface area contributed by atoms with E-state index in [1.165, 1.54) is 10.6 Å². The maximum atomic E-state index is 13.6. The number of halogens is 2. The number of rotatable bonds is 4. The largest absolute Gasteiger partial charge is 0.348 e. The lowest BCUT2D eigenvalue weighted by atomic mass is 9.96. The van der Waals surface area contributed by atoms with Crippen molar-refractivity contribution in [3.05, 3.63) is 64.1 Å². The molecule has 10 heteroatoms. The molecule has 0 radical (unpaired) electrons. The molecule has 0 saturated carbocycles. The van der Waals surface area contributed by atoms with Crippen molar-refractivity contribution in [2.45, 2.75) is 12.8 Å². The molecular formula is C21H22F2N4O4. The first-order valence-corrected chi connectivity index (χ1v) is 9.75. The highest BCUT2D eigenvalue weighted by atomic mass is 19.1. The molecule has 1 saturated heterocycles. The van der Waals surface area contributed by atoms with E-state index in [1.54, 1.807) is 24.2 Å². The molecule has 1 aliphatic heterocycles. The predicted molar refractivity (Wildman–Crippen MR) is 108 cm³/mol. The summed E-state index contributed by atoms with van der Waals surface area (Å²) in [7, 11) is 1.58. The number of pyridine rings is 1. The number of carbonyl (C=O) groups excluding carboxylic acids is 3. The summed E-state index contributed by atoms with van der Waals surface area (Å²) in [6.07, 6.45) is 2.74. The maximum Gasteiger partial charge on any atom is 0.313 e. The first kappa shape index (κ1) is 22.1. The molecule has 1 aliphatic rings. The molecule has 0 atom stereocenters. The van der Waals surface area contributed by atoms with E-state index in [4.69, 9.17) is 0 Å². The van der Waals surface area contributed by atoms with Gasteiger partial charge < -0.3 is 20.1 Å². The van der Waals surface area contributed by atoms with Crippen molar-refractivity contribution >= 4 is 23.4 Å². The molecule has 31 heavy (non-hydrogen) atoms. The summed E-state index contributed by atoms with van der Waals surface area (Å²) < 4.78 is 28.1. The van der Waals surface area contributed by atoms with Gasteiger partial charge in [-0.2, -0.15) is 0 Å². The molecule has 3 amide bonds. The van der Waals surface area contributed by atoms with E-state index in [-0.39, 0.29) is 29.5 Å². The molecule has 0 unspecified atom stereocenters. The lowest BCUT2D eigenvalue weighted by Gasteiger charge is -2.32. The summed E-state index contributed by atoms with van der Waals surface area (Å²) >= 11 is 0. The Hall–Kier alpha value is -3.56. The number of hydrogen-bond acceptors (Lipinski definition) is 4. The van der Waals surface area contributed by atoms with Crippen molar-refractivity contribution < 1.29 is 23.2 Å². The SMILES string of the molecule is Cn1cccc(C(=O)N2CCC(CNC(=O)C(=O)Nc3cc(F)ccc3F)CC2)c1=O. The van der Waals surface area contributed by atoms with Gasteiger partial charge in [0.1, 0.15) is 17.2 Å². The van der Waals surface area contributed by atoms with E-state index in [0.717, 1.165) is 18.2 Å². The molecule has 0 spiro atoms. The number of amides is 3. The number of piperidine rings is 1. The van der Waals surface area contributed by atoms with Crippen LogP contribution in [0.5, 0.6) is 0 Å². The van der Waals surface area contributed by atoms with Gasteiger partial charge in [-0.1, -0.05) is 0 Å². The van der Waals surface area contributed by atoms with E-state index in [9.17, 15) is 28.0 Å². The van der Waals surface area contributed by atoms with Crippen LogP contribution in [0, 0.1) is 17.6 Å². The van der Waals surface area contributed by atoms with Gasteiger partial charge in [-0.15, -0.1) is 0 Å². The van der Waals surface area contributed by atoms with Crippen LogP contribution in [0.15, 0.2) is 41.3 Å². The highest BCUT2D eigenvalue weighted by molar-refractivity contribution is 6.39. The average molecular weight is 432 g/mol. The third kappa shape index (κ3) is 5.33. The number of benzene rings is 1. The molecule has 164 valence electrons. The first-order chi connectivity index (χ1) is 14.8. The standard InChI is InChI=1S/C21H22F2N4O4/c1-26-8-2-3-15(20(26)30)21(31)27-9-6-13(7-10-27)12-24-18(28)19(29)25-17-11-14(22)4-5-16(17)23/h2-5,8,11,13H,6-7,9-10,12H2,1H3,(H,24,28)(H,25,29). The molecule has 2 aromatic rings. The van der Waals surface area contributed by atoms with Crippen LogP contribution in [-0.2, 0) is 16.6 Å². The van der Waals surface area contributed by atoms with E-state index >= 15 is 0 Å². The van der Waals surface area contributed by atoms with Crippen molar-refractivity contribution in [3.8, 4) is 0 Å². The number of aryl methyl sites for hydroxylation is 1. The number of nitrogens with one attached hydrogen (secondary N) is 2. The van der Waals surface area contributed by atoms with E-state index in [2.05, 4.69) is 5.32 Å². The van der Waals surface area contributed by atoms with Crippen molar-refractivity contribution in [2.24, 2.45) is 13.0 Å². The topological polar surface area (TPSA) is 101 Å². The lowest BCUT2D eigenvalue weighted by molar-refractivity contribution is -0.136. The first-order valence-electron chi connectivity index (χ1n) is 9.75. The molecule has 1 fully saturated rings. The number of carbonyl (C=O) groups is 3. The summed E-state index contributed by atoms with van der Waals surface area (Å²) in [6, 6.07) is 5.67. The van der Waals surface area contributed by atoms with Gasteiger partial charge in [0, 0.05) is 38.9 Å². The van der Waals surface area contributed by atoms with E-state index in [1.807, 2.05) is 5.32 Å². The third-order valence-corrected chi connectivity index (χ3v) is 5.19. The zero-order valence-corrected chi connectivity index (χ0v) is 16.9. The van der Waals surface area contributed by atoms with E-state index in [0.29, 0.717) is 25.9 Å². The molecule has 2 N–H and O–H groups in total. The van der Waals surface area contributed by atoms with Crippen LogP contribution in [0.2, 0.25) is 0 Å². The number of aromatic nitrogens is 1. The van der Waals surface area contributed by atoms with Crippen molar-refractivity contribution in [1.29, 1.82) is 0 Å². The van der Waals surface area contributed by atoms with Crippen molar-refractivity contribution in [3.63, 3.8) is 0 Å². The second-order valence-corrected chi connectivity index (χ2v) is 7.36. The minimum atomic E-state index is -1.10. The number of nitrogens with zero attached hydrogens (tertiary/aromatic N) is 2. The van der Waals surface area contributed by atoms with Gasteiger partial charge in [0.15, 0.2) is 0 Å². The van der Waals surface area contributed by atoms with Crippen LogP contribution in [0.3, 0.4) is 0 Å². The lowest BCUT2D eigenvalue weighted by Crippen LogP contribution is -2.44. The highest BCUT2D eigenvalue weighted by Crippen LogP contribution is 2.18. The van der Waals surface area contributed by atoms with Gasteiger partial charge in [-0.05, 0) is 43.0 Å². The van der Waals surface area contributed by atoms with Gasteiger partial charge >= 0.3 is 11.8 Å². The zero-order valence-electron chi connectivity index (χ0n) is 16.9. The summed E-state index contributed by atoms with van der Waals surface area (Å²) in [5.74, 6) is -3.96. The number of anilines is 1. The summed E-state index contributed by atoms with van der Waals surface area (Å²) in [6.45, 7) is 1.03. The third-order valence-electron chi connectivity index (χ3n) is 5.19. The monoisotopic (exact) mass is 432 g/mol. The summed E-state index contributed by atoms with van der Waals surface area (Å²) in [5, 5.41) is 4.51. The van der Waals surface area contributed by atoms with Gasteiger partial charge in [-0.3, -0.25) is 19.2 Å². The van der Waals surface area contributed by atoms with Crippen molar-refractivity contribution in [1.82, 2.24) is 14.8 Å². The fourth-order valence-corrected chi connectivity index (χ4v) is 3.36. The van der Waals surface area contributed by atoms with Crippen LogP contribution >= 0.6 is 0 Å². The zero-order chi connectivity index (χ0) is 22.5. The summed E-state index contributed by atoms with van der Waals surface area (Å²) in [4.78, 5) is 50.2. The normalized spacial score (nSPS) is 14.2. The molecule has 0 aliphatic carbocycles. The fourth-order valence-electron chi connectivity index (χ4n) is 3.36.